The van der Waals surface area contributed by atoms with Crippen LogP contribution in [0, 0.1) is 0 Å². The third-order valence-electron chi connectivity index (χ3n) is 0.521. The number of carboxylic acids is 1. The van der Waals surface area contributed by atoms with Crippen LogP contribution in [0.1, 0.15) is 0 Å². The molecule has 0 rings (SSSR count). The number of carbonyl (C=O) groups is 1. The van der Waals surface area contributed by atoms with Gasteiger partial charge in [-0.25, -0.2) is 4.79 Å². The average Bonchev–Trinajstić information content (AvgIpc) is 1.80. The zero-order valence-electron chi connectivity index (χ0n) is 4.91. The van der Waals surface area contributed by atoms with Crippen LogP contribution in [0.2, 0.25) is 0 Å². The van der Waals surface area contributed by atoms with Gasteiger partial charge in [-0.3, -0.25) is 0 Å². The van der Waals surface area contributed by atoms with Gasteiger partial charge in [0.15, 0.2) is 0 Å². The molecule has 0 aromatic heterocycles. The molecule has 0 aromatic rings. The fourth-order valence-corrected chi connectivity index (χ4v) is 0.230. The Morgan fingerprint density at radius 3 is 2.89 bits per heavy atom. The Bertz CT molecular complexity index is 126. The van der Waals surface area contributed by atoms with E-state index in [-0.39, 0.29) is 0 Å². The maximum absolute atomic E-state index is 9.77. The molecule has 0 bridgehead atoms. The summed E-state index contributed by atoms with van der Waals surface area (Å²) < 4.78 is 4.61. The monoisotopic (exact) mass is 128 g/mol. The maximum atomic E-state index is 9.77. The fourth-order valence-electron chi connectivity index (χ4n) is 0.230. The van der Waals surface area contributed by atoms with Gasteiger partial charge in [-0.15, -0.1) is 0 Å². The molecule has 0 aliphatic heterocycles. The molecule has 1 N–H and O–H groups in total. The zero-order valence-corrected chi connectivity index (χ0v) is 4.91. The molecule has 3 heteroatoms. The third-order valence-corrected chi connectivity index (χ3v) is 0.521. The van der Waals surface area contributed by atoms with Crippen molar-refractivity contribution in [2.45, 2.75) is 0 Å². The minimum absolute atomic E-state index is 0.337. The summed E-state index contributed by atoms with van der Waals surface area (Å²) in [6.07, 6.45) is 3.57. The number of ether oxygens (including phenoxy) is 1. The molecule has 50 valence electrons. The molecule has 0 heterocycles. The predicted octanol–water partition coefficient (Wildman–Crippen LogP) is 0.787. The topological polar surface area (TPSA) is 46.5 Å². The highest BCUT2D eigenvalue weighted by molar-refractivity contribution is 5.79. The summed E-state index contributed by atoms with van der Waals surface area (Å²) in [5.41, 5.74) is 0. The molecule has 3 nitrogen and oxygen atoms in total. The van der Waals surface area contributed by atoms with Crippen LogP contribution in [0.5, 0.6) is 0 Å². The van der Waals surface area contributed by atoms with Crippen LogP contribution in [0.3, 0.4) is 0 Å². The molecule has 0 spiro atoms. The van der Waals surface area contributed by atoms with E-state index in [1.165, 1.54) is 6.08 Å². The Balaban J connectivity index is 3.24. The number of aliphatic carboxylic acids is 1. The number of carboxylic acid groups (broad SMARTS) is 1. The molecule has 0 amide bonds. The second kappa shape index (κ2) is 4.90. The van der Waals surface area contributed by atoms with E-state index in [9.17, 15) is 4.79 Å². The van der Waals surface area contributed by atoms with E-state index in [2.05, 4.69) is 11.3 Å². The van der Waals surface area contributed by atoms with E-state index in [1.807, 2.05) is 0 Å². The molecule has 0 unspecified atom stereocenters. The minimum atomic E-state index is -1.01. The summed E-state index contributed by atoms with van der Waals surface area (Å²) in [4.78, 5) is 9.77. The van der Waals surface area contributed by atoms with E-state index >= 15 is 0 Å². The van der Waals surface area contributed by atoms with Gasteiger partial charge in [-0.05, 0) is 0 Å². The van der Waals surface area contributed by atoms with Crippen molar-refractivity contribution in [2.24, 2.45) is 0 Å². The van der Waals surface area contributed by atoms with E-state index < -0.39 is 5.97 Å². The Morgan fingerprint density at radius 2 is 2.44 bits per heavy atom. The Kier molecular flexibility index (Phi) is 4.22. The van der Waals surface area contributed by atoms with Crippen LogP contribution in [0.4, 0.5) is 0 Å². The van der Waals surface area contributed by atoms with E-state index in [1.54, 1.807) is 0 Å². The Labute approximate surface area is 53.3 Å². The first-order valence-electron chi connectivity index (χ1n) is 2.39. The molecule has 0 atom stereocenters. The molecule has 0 saturated heterocycles. The first-order chi connectivity index (χ1) is 4.27. The van der Waals surface area contributed by atoms with Gasteiger partial charge in [0.25, 0.3) is 0 Å². The average molecular weight is 128 g/mol. The molecule has 0 aliphatic carbocycles. The van der Waals surface area contributed by atoms with Gasteiger partial charge in [-0.2, -0.15) is 0 Å². The van der Waals surface area contributed by atoms with Crippen LogP contribution in [-0.4, -0.2) is 17.7 Å². The standard InChI is InChI=1S/C6H8O3/c1-2-4-9-5-3-6(7)8/h2-3,5H,1,4H2,(H,7,8). The van der Waals surface area contributed by atoms with Crippen LogP contribution in [-0.2, 0) is 9.53 Å². The molecular formula is C6H8O3. The summed E-state index contributed by atoms with van der Waals surface area (Å²) in [6, 6.07) is 0. The third kappa shape index (κ3) is 6.75. The number of hydrogen-bond acceptors (Lipinski definition) is 2. The van der Waals surface area contributed by atoms with Crippen molar-refractivity contribution in [1.29, 1.82) is 0 Å². The van der Waals surface area contributed by atoms with Gasteiger partial charge in [0.05, 0.1) is 12.3 Å². The zero-order chi connectivity index (χ0) is 7.11. The highest BCUT2D eigenvalue weighted by atomic mass is 16.5. The lowest BCUT2D eigenvalue weighted by atomic mass is 10.6. The molecule has 0 saturated carbocycles. The quantitative estimate of drug-likeness (QED) is 0.263. The van der Waals surface area contributed by atoms with E-state index in [0.717, 1.165) is 12.3 Å². The van der Waals surface area contributed by atoms with Crippen molar-refractivity contribution in [1.82, 2.24) is 0 Å². The molecule has 0 radical (unpaired) electrons. The summed E-state index contributed by atoms with van der Waals surface area (Å²) in [6.45, 7) is 3.71. The lowest BCUT2D eigenvalue weighted by Gasteiger charge is -1.89. The van der Waals surface area contributed by atoms with Crippen molar-refractivity contribution >= 4 is 5.97 Å². The van der Waals surface area contributed by atoms with Crippen LogP contribution < -0.4 is 0 Å². The van der Waals surface area contributed by atoms with Gasteiger partial charge < -0.3 is 9.84 Å². The Morgan fingerprint density at radius 1 is 1.78 bits per heavy atom. The lowest BCUT2D eigenvalue weighted by Crippen LogP contribution is -1.87. The molecule has 0 aromatic carbocycles. The van der Waals surface area contributed by atoms with Gasteiger partial charge in [0.1, 0.15) is 6.61 Å². The largest absolute Gasteiger partial charge is 0.497 e. The smallest absolute Gasteiger partial charge is 0.331 e. The summed E-state index contributed by atoms with van der Waals surface area (Å²) in [7, 11) is 0. The Hall–Kier alpha value is -1.25. The molecule has 9 heavy (non-hydrogen) atoms. The van der Waals surface area contributed by atoms with E-state index in [4.69, 9.17) is 5.11 Å². The van der Waals surface area contributed by atoms with Crippen molar-refractivity contribution in [3.8, 4) is 0 Å². The summed E-state index contributed by atoms with van der Waals surface area (Å²) >= 11 is 0. The van der Waals surface area contributed by atoms with E-state index in [0.29, 0.717) is 6.61 Å². The predicted molar refractivity (Wildman–Crippen MR) is 32.9 cm³/mol. The summed E-state index contributed by atoms with van der Waals surface area (Å²) in [5.74, 6) is -1.01. The molecular weight excluding hydrogens is 120 g/mol. The molecule has 0 aliphatic rings. The van der Waals surface area contributed by atoms with Crippen molar-refractivity contribution in [2.75, 3.05) is 6.61 Å². The highest BCUT2D eigenvalue weighted by Crippen LogP contribution is 1.77. The first-order valence-corrected chi connectivity index (χ1v) is 2.39. The van der Waals surface area contributed by atoms with Crippen molar-refractivity contribution in [3.05, 3.63) is 25.0 Å². The van der Waals surface area contributed by atoms with Crippen LogP contribution >= 0.6 is 0 Å². The second-order valence-corrected chi connectivity index (χ2v) is 1.26. The highest BCUT2D eigenvalue weighted by Gasteiger charge is 1.81. The number of rotatable bonds is 4. The minimum Gasteiger partial charge on any atom is -0.497 e. The fraction of sp³-hybridized carbons (Fsp3) is 0.167. The first kappa shape index (κ1) is 7.75. The van der Waals surface area contributed by atoms with Crippen LogP contribution in [0.15, 0.2) is 25.0 Å². The van der Waals surface area contributed by atoms with Gasteiger partial charge >= 0.3 is 5.97 Å². The van der Waals surface area contributed by atoms with Gasteiger partial charge in [-0.1, -0.05) is 12.7 Å². The van der Waals surface area contributed by atoms with Gasteiger partial charge in [0.2, 0.25) is 0 Å². The normalized spacial score (nSPS) is 9.33. The van der Waals surface area contributed by atoms with Gasteiger partial charge in [0, 0.05) is 0 Å². The SMILES string of the molecule is C=CCOC=CC(=O)O. The van der Waals surface area contributed by atoms with Crippen molar-refractivity contribution in [3.63, 3.8) is 0 Å². The second-order valence-electron chi connectivity index (χ2n) is 1.26. The maximum Gasteiger partial charge on any atom is 0.331 e. The van der Waals surface area contributed by atoms with Crippen molar-refractivity contribution < 1.29 is 14.6 Å². The molecule has 0 fully saturated rings. The van der Waals surface area contributed by atoms with Crippen LogP contribution in [0.25, 0.3) is 0 Å². The summed E-state index contributed by atoms with van der Waals surface area (Å²) in [5, 5.41) is 8.02. The lowest BCUT2D eigenvalue weighted by molar-refractivity contribution is -0.131. The number of hydrogen-bond donors (Lipinski definition) is 1.